The van der Waals surface area contributed by atoms with Crippen molar-refractivity contribution in [1.82, 2.24) is 0 Å². The molecule has 0 atom stereocenters. The number of furan rings is 1. The number of anilines is 3. The van der Waals surface area contributed by atoms with Crippen LogP contribution in [0.5, 0.6) is 0 Å². The minimum absolute atomic E-state index is 0.853. The first-order chi connectivity index (χ1) is 32.7. The second kappa shape index (κ2) is 15.5. The first-order valence-electron chi connectivity index (χ1n) is 22.7. The first kappa shape index (κ1) is 37.8. The van der Waals surface area contributed by atoms with E-state index < -0.39 is 0 Å². The van der Waals surface area contributed by atoms with E-state index in [2.05, 4.69) is 254 Å². The van der Waals surface area contributed by atoms with Gasteiger partial charge in [-0.1, -0.05) is 206 Å². The monoisotopic (exact) mass is 839 g/mol. The summed E-state index contributed by atoms with van der Waals surface area (Å²) in [4.78, 5) is 2.36. The van der Waals surface area contributed by atoms with Crippen molar-refractivity contribution in [3.8, 4) is 44.5 Å². The molecule has 0 fully saturated rings. The number of fused-ring (bicyclic) bond motifs is 9. The summed E-state index contributed by atoms with van der Waals surface area (Å²) in [5, 5.41) is 11.9. The largest absolute Gasteiger partial charge is 0.453 e. The van der Waals surface area contributed by atoms with Crippen molar-refractivity contribution in [3.63, 3.8) is 0 Å². The van der Waals surface area contributed by atoms with Gasteiger partial charge in [0.2, 0.25) is 0 Å². The molecule has 0 saturated heterocycles. The molecule has 0 aliphatic heterocycles. The van der Waals surface area contributed by atoms with Crippen molar-refractivity contribution in [3.05, 3.63) is 249 Å². The smallest absolute Gasteiger partial charge is 0.159 e. The molecule has 1 aromatic heterocycles. The van der Waals surface area contributed by atoms with E-state index in [-0.39, 0.29) is 0 Å². The lowest BCUT2D eigenvalue weighted by Gasteiger charge is -2.26. The van der Waals surface area contributed by atoms with Gasteiger partial charge in [0.1, 0.15) is 5.58 Å². The van der Waals surface area contributed by atoms with Gasteiger partial charge in [-0.25, -0.2) is 0 Å². The molecule has 0 N–H and O–H groups in total. The molecule has 2 nitrogen and oxygen atoms in total. The maximum atomic E-state index is 7.02. The summed E-state index contributed by atoms with van der Waals surface area (Å²) >= 11 is 0. The molecule has 0 spiro atoms. The fourth-order valence-electron chi connectivity index (χ4n) is 10.4. The summed E-state index contributed by atoms with van der Waals surface area (Å²) in [5.41, 5.74) is 14.4. The second-order valence-electron chi connectivity index (χ2n) is 17.2. The van der Waals surface area contributed by atoms with Crippen LogP contribution < -0.4 is 4.90 Å². The fourth-order valence-corrected chi connectivity index (χ4v) is 10.4. The van der Waals surface area contributed by atoms with E-state index >= 15 is 0 Å². The van der Waals surface area contributed by atoms with Crippen LogP contribution in [0.4, 0.5) is 17.1 Å². The van der Waals surface area contributed by atoms with Crippen LogP contribution in [0, 0.1) is 0 Å². The van der Waals surface area contributed by atoms with E-state index in [1.165, 1.54) is 65.7 Å². The molecule has 2 heteroatoms. The second-order valence-corrected chi connectivity index (χ2v) is 17.2. The van der Waals surface area contributed by atoms with Crippen LogP contribution in [-0.4, -0.2) is 0 Å². The Bertz CT molecular complexity index is 3970. The zero-order chi connectivity index (χ0) is 43.6. The van der Waals surface area contributed by atoms with E-state index in [0.717, 1.165) is 60.9 Å². The Labute approximate surface area is 382 Å². The van der Waals surface area contributed by atoms with Crippen LogP contribution in [0.25, 0.3) is 110 Å². The molecule has 13 rings (SSSR count). The highest BCUT2D eigenvalue weighted by Crippen LogP contribution is 2.48. The average molecular weight is 840 g/mol. The van der Waals surface area contributed by atoms with Gasteiger partial charge in [0, 0.05) is 27.5 Å². The van der Waals surface area contributed by atoms with Crippen LogP contribution in [0.2, 0.25) is 0 Å². The highest BCUT2D eigenvalue weighted by molar-refractivity contribution is 6.22. The van der Waals surface area contributed by atoms with Crippen molar-refractivity contribution < 1.29 is 4.42 Å². The van der Waals surface area contributed by atoms with E-state index in [4.69, 9.17) is 4.42 Å². The molecule has 13 aromatic rings. The summed E-state index contributed by atoms with van der Waals surface area (Å²) in [5.74, 6) is 0. The number of hydrogen-bond acceptors (Lipinski definition) is 2. The Morgan fingerprint density at radius 2 is 0.773 bits per heavy atom. The Morgan fingerprint density at radius 3 is 1.55 bits per heavy atom. The normalized spacial score (nSPS) is 11.6. The molecule has 0 radical (unpaired) electrons. The van der Waals surface area contributed by atoms with E-state index in [1.807, 2.05) is 0 Å². The van der Waals surface area contributed by atoms with Gasteiger partial charge in [0.05, 0.1) is 5.69 Å². The predicted octanol–water partition coefficient (Wildman–Crippen LogP) is 18.3. The Morgan fingerprint density at radius 1 is 0.258 bits per heavy atom. The standard InChI is InChI=1S/C64H41NO/c1-3-18-45(19-4-1)61-56-28-12-11-27-54(56)55-38-35-48(41-59(55)62(61)46-20-5-2-6-21-46)47-23-13-24-50(40-47)65(49-36-32-44(33-37-49)52-29-14-22-42-16-7-9-25-51(42)52)60-31-15-30-57-58-39-34-43-17-8-10-26-53(43)63(58)66-64(57)60/h1-41H. The molecule has 0 saturated carbocycles. The number of benzene rings is 12. The van der Waals surface area contributed by atoms with E-state index in [1.54, 1.807) is 0 Å². The Kier molecular flexibility index (Phi) is 8.89. The SMILES string of the molecule is c1ccc(-c2c(-c3ccccc3)c3cc(-c4cccc(N(c5ccc(-c6cccc7ccccc67)cc5)c5cccc6c5oc5c7ccccc7ccc65)c4)ccc3c3ccccc23)cc1. The number of rotatable bonds is 7. The highest BCUT2D eigenvalue weighted by atomic mass is 16.3. The minimum Gasteiger partial charge on any atom is -0.453 e. The van der Waals surface area contributed by atoms with Crippen molar-refractivity contribution in [2.24, 2.45) is 0 Å². The van der Waals surface area contributed by atoms with Gasteiger partial charge in [0.15, 0.2) is 5.58 Å². The highest BCUT2D eigenvalue weighted by Gasteiger charge is 2.22. The van der Waals surface area contributed by atoms with Crippen LogP contribution >= 0.6 is 0 Å². The van der Waals surface area contributed by atoms with E-state index in [9.17, 15) is 0 Å². The first-order valence-corrected chi connectivity index (χ1v) is 22.7. The van der Waals surface area contributed by atoms with Crippen LogP contribution in [0.1, 0.15) is 0 Å². The number of para-hydroxylation sites is 1. The molecular weight excluding hydrogens is 799 g/mol. The van der Waals surface area contributed by atoms with Gasteiger partial charge < -0.3 is 9.32 Å². The summed E-state index contributed by atoms with van der Waals surface area (Å²) in [6.07, 6.45) is 0. The lowest BCUT2D eigenvalue weighted by molar-refractivity contribution is 0.673. The van der Waals surface area contributed by atoms with Gasteiger partial charge in [-0.05, 0) is 125 Å². The Hall–Kier alpha value is -8.72. The lowest BCUT2D eigenvalue weighted by Crippen LogP contribution is -2.10. The van der Waals surface area contributed by atoms with Gasteiger partial charge in [-0.3, -0.25) is 0 Å². The van der Waals surface area contributed by atoms with Crippen molar-refractivity contribution in [1.29, 1.82) is 0 Å². The van der Waals surface area contributed by atoms with Gasteiger partial charge in [-0.2, -0.15) is 0 Å². The Balaban J connectivity index is 1.02. The fraction of sp³-hybridized carbons (Fsp3) is 0. The molecule has 66 heavy (non-hydrogen) atoms. The van der Waals surface area contributed by atoms with Crippen molar-refractivity contribution in [2.75, 3.05) is 4.90 Å². The van der Waals surface area contributed by atoms with Crippen LogP contribution in [0.3, 0.4) is 0 Å². The number of nitrogens with zero attached hydrogens (tertiary/aromatic N) is 1. The van der Waals surface area contributed by atoms with Gasteiger partial charge in [0.25, 0.3) is 0 Å². The predicted molar refractivity (Wildman–Crippen MR) is 280 cm³/mol. The molecule has 12 aromatic carbocycles. The van der Waals surface area contributed by atoms with Crippen molar-refractivity contribution in [2.45, 2.75) is 0 Å². The maximum Gasteiger partial charge on any atom is 0.159 e. The van der Waals surface area contributed by atoms with Crippen LogP contribution in [-0.2, 0) is 0 Å². The summed E-state index contributed by atoms with van der Waals surface area (Å²) in [6.45, 7) is 0. The minimum atomic E-state index is 0.853. The molecule has 0 amide bonds. The maximum absolute atomic E-state index is 7.02. The zero-order valence-electron chi connectivity index (χ0n) is 36.0. The summed E-state index contributed by atoms with van der Waals surface area (Å²) in [7, 11) is 0. The third kappa shape index (κ3) is 6.18. The summed E-state index contributed by atoms with van der Waals surface area (Å²) in [6, 6.07) is 90.2. The molecule has 0 aliphatic carbocycles. The number of hydrogen-bond donors (Lipinski definition) is 0. The molecule has 1 heterocycles. The quantitative estimate of drug-likeness (QED) is 0.149. The molecule has 0 bridgehead atoms. The summed E-state index contributed by atoms with van der Waals surface area (Å²) < 4.78 is 7.02. The van der Waals surface area contributed by atoms with Gasteiger partial charge >= 0.3 is 0 Å². The lowest BCUT2D eigenvalue weighted by atomic mass is 9.84. The topological polar surface area (TPSA) is 16.4 Å². The van der Waals surface area contributed by atoms with Gasteiger partial charge in [-0.15, -0.1) is 0 Å². The average Bonchev–Trinajstić information content (AvgIpc) is 3.79. The molecular formula is C64H41NO. The molecule has 0 unspecified atom stereocenters. The molecule has 0 aliphatic rings. The van der Waals surface area contributed by atoms with E-state index in [0.29, 0.717) is 0 Å². The van der Waals surface area contributed by atoms with Crippen molar-refractivity contribution >= 4 is 82.1 Å². The zero-order valence-corrected chi connectivity index (χ0v) is 36.0. The third-order valence-electron chi connectivity index (χ3n) is 13.4. The molecule has 308 valence electrons. The van der Waals surface area contributed by atoms with Crippen LogP contribution in [0.15, 0.2) is 253 Å². The third-order valence-corrected chi connectivity index (χ3v) is 13.4.